The van der Waals surface area contributed by atoms with Gasteiger partial charge >= 0.3 is 0 Å². The van der Waals surface area contributed by atoms with Crippen LogP contribution in [0.25, 0.3) is 0 Å². The molecule has 0 bridgehead atoms. The minimum absolute atomic E-state index is 0.612. The number of nitrogens with zero attached hydrogens (tertiary/aromatic N) is 1. The summed E-state index contributed by atoms with van der Waals surface area (Å²) in [5.41, 5.74) is 6.16. The molecule has 0 aliphatic heterocycles. The van der Waals surface area contributed by atoms with E-state index in [1.54, 1.807) is 17.3 Å². The fraction of sp³-hybridized carbons (Fsp3) is 0.636. The molecule has 0 saturated heterocycles. The summed E-state index contributed by atoms with van der Waals surface area (Å²) >= 11 is 0. The molecule has 3 heteroatoms. The summed E-state index contributed by atoms with van der Waals surface area (Å²) in [6, 6.07) is 0. The van der Waals surface area contributed by atoms with Crippen LogP contribution in [-0.2, 0) is 0 Å². The van der Waals surface area contributed by atoms with Gasteiger partial charge in [0.2, 0.25) is 0 Å². The molecular weight excluding hydrogens is 174 g/mol. The molecule has 0 radical (unpaired) electrons. The van der Waals surface area contributed by atoms with E-state index in [0.29, 0.717) is 5.70 Å². The van der Waals surface area contributed by atoms with Crippen LogP contribution in [0.3, 0.4) is 0 Å². The monoisotopic (exact) mass is 197 g/mol. The Morgan fingerprint density at radius 1 is 1.29 bits per heavy atom. The third kappa shape index (κ3) is 7.68. The van der Waals surface area contributed by atoms with Crippen LogP contribution in [0.4, 0.5) is 0 Å². The Morgan fingerprint density at radius 3 is 2.50 bits per heavy atom. The van der Waals surface area contributed by atoms with E-state index in [4.69, 9.17) is 11.6 Å². The van der Waals surface area contributed by atoms with Crippen molar-refractivity contribution in [3.05, 3.63) is 24.6 Å². The van der Waals surface area contributed by atoms with Crippen molar-refractivity contribution in [2.45, 2.75) is 39.0 Å². The quantitative estimate of drug-likeness (QED) is 0.271. The molecule has 4 N–H and O–H groups in total. The topological polar surface area (TPSA) is 55.3 Å². The van der Waals surface area contributed by atoms with E-state index < -0.39 is 0 Å². The van der Waals surface area contributed by atoms with Gasteiger partial charge in [0.25, 0.3) is 0 Å². The Hall–Kier alpha value is -0.960. The van der Waals surface area contributed by atoms with Gasteiger partial charge in [0.15, 0.2) is 0 Å². The highest BCUT2D eigenvalue weighted by molar-refractivity contribution is 5.09. The van der Waals surface area contributed by atoms with Gasteiger partial charge in [-0.1, -0.05) is 39.2 Å². The third-order valence-electron chi connectivity index (χ3n) is 2.07. The van der Waals surface area contributed by atoms with Gasteiger partial charge in [-0.3, -0.25) is 0 Å². The molecule has 0 aliphatic rings. The largest absolute Gasteiger partial charge is 0.398 e. The molecule has 0 saturated carbocycles. The van der Waals surface area contributed by atoms with Gasteiger partial charge in [0.05, 0.1) is 0 Å². The molecule has 0 heterocycles. The van der Waals surface area contributed by atoms with Crippen LogP contribution in [-0.4, -0.2) is 11.6 Å². The lowest BCUT2D eigenvalue weighted by molar-refractivity contribution is 0.374. The average molecular weight is 197 g/mol. The molecule has 0 spiro atoms. The van der Waals surface area contributed by atoms with Gasteiger partial charge < -0.3 is 10.7 Å². The fourth-order valence-electron chi connectivity index (χ4n) is 1.21. The molecule has 0 unspecified atom stereocenters. The van der Waals surface area contributed by atoms with E-state index in [2.05, 4.69) is 13.5 Å². The molecule has 0 aromatic rings. The zero-order valence-corrected chi connectivity index (χ0v) is 9.21. The van der Waals surface area contributed by atoms with Crippen LogP contribution >= 0.6 is 0 Å². The minimum atomic E-state index is 0.612. The van der Waals surface area contributed by atoms with Gasteiger partial charge in [-0.05, 0) is 12.5 Å². The van der Waals surface area contributed by atoms with Crippen LogP contribution in [0.1, 0.15) is 39.0 Å². The van der Waals surface area contributed by atoms with Crippen molar-refractivity contribution in [3.63, 3.8) is 0 Å². The fourth-order valence-corrected chi connectivity index (χ4v) is 1.21. The Morgan fingerprint density at radius 2 is 1.93 bits per heavy atom. The second kappa shape index (κ2) is 8.63. The predicted octanol–water partition coefficient (Wildman–Crippen LogP) is 2.12. The zero-order chi connectivity index (χ0) is 10.8. The second-order valence-corrected chi connectivity index (χ2v) is 3.49. The summed E-state index contributed by atoms with van der Waals surface area (Å²) in [7, 11) is 0. The molecule has 0 rings (SSSR count). The maximum Gasteiger partial charge on any atom is 0.0484 e. The normalized spacial score (nSPS) is 11.4. The maximum absolute atomic E-state index is 5.69. The molecule has 0 aromatic heterocycles. The molecular formula is C11H23N3. The summed E-state index contributed by atoms with van der Waals surface area (Å²) in [6.45, 7) is 6.63. The van der Waals surface area contributed by atoms with Crippen molar-refractivity contribution in [1.82, 2.24) is 5.01 Å². The highest BCUT2D eigenvalue weighted by Crippen LogP contribution is 2.02. The number of unbranched alkanes of at least 4 members (excludes halogenated alkanes) is 4. The molecule has 82 valence electrons. The Labute approximate surface area is 87.4 Å². The van der Waals surface area contributed by atoms with E-state index in [-0.39, 0.29) is 0 Å². The summed E-state index contributed by atoms with van der Waals surface area (Å²) in [5.74, 6) is 5.69. The van der Waals surface area contributed by atoms with E-state index in [9.17, 15) is 0 Å². The van der Waals surface area contributed by atoms with E-state index in [1.165, 1.54) is 25.7 Å². The summed E-state index contributed by atoms with van der Waals surface area (Å²) in [6.07, 6.45) is 9.56. The predicted molar refractivity (Wildman–Crippen MR) is 62.1 cm³/mol. The number of rotatable bonds is 8. The lowest BCUT2D eigenvalue weighted by Crippen LogP contribution is -2.27. The molecule has 0 atom stereocenters. The number of hydrazine groups is 1. The standard InChI is InChI=1S/C11H23N3/c1-3-5-6-7-8-9-14(13)10-11(12)4-2/h4,10H,2-3,5-9,12-13H2,1H3/b11-10-. The van der Waals surface area contributed by atoms with Crippen LogP contribution in [0.2, 0.25) is 0 Å². The first-order valence-electron chi connectivity index (χ1n) is 5.31. The zero-order valence-electron chi connectivity index (χ0n) is 9.21. The van der Waals surface area contributed by atoms with E-state index in [1.807, 2.05) is 0 Å². The molecule has 3 nitrogen and oxygen atoms in total. The van der Waals surface area contributed by atoms with Gasteiger partial charge in [-0.2, -0.15) is 0 Å². The van der Waals surface area contributed by atoms with Crippen molar-refractivity contribution in [2.75, 3.05) is 6.54 Å². The van der Waals surface area contributed by atoms with Crippen LogP contribution in [0.5, 0.6) is 0 Å². The molecule has 0 fully saturated rings. The van der Waals surface area contributed by atoms with Crippen molar-refractivity contribution in [1.29, 1.82) is 0 Å². The highest BCUT2D eigenvalue weighted by atomic mass is 15.4. The van der Waals surface area contributed by atoms with Crippen LogP contribution in [0.15, 0.2) is 24.6 Å². The second-order valence-electron chi connectivity index (χ2n) is 3.49. The van der Waals surface area contributed by atoms with E-state index >= 15 is 0 Å². The minimum Gasteiger partial charge on any atom is -0.398 e. The lowest BCUT2D eigenvalue weighted by atomic mass is 10.1. The summed E-state index contributed by atoms with van der Waals surface area (Å²) < 4.78 is 0. The first-order valence-corrected chi connectivity index (χ1v) is 5.31. The average Bonchev–Trinajstić information content (AvgIpc) is 2.17. The Balaban J connectivity index is 3.44. The lowest BCUT2D eigenvalue weighted by Gasteiger charge is -2.13. The third-order valence-corrected chi connectivity index (χ3v) is 2.07. The van der Waals surface area contributed by atoms with Crippen molar-refractivity contribution < 1.29 is 0 Å². The Bertz CT molecular complexity index is 175. The highest BCUT2D eigenvalue weighted by Gasteiger charge is 1.93. The number of hydrogen-bond acceptors (Lipinski definition) is 3. The smallest absolute Gasteiger partial charge is 0.0484 e. The van der Waals surface area contributed by atoms with Crippen molar-refractivity contribution >= 4 is 0 Å². The molecule has 0 aliphatic carbocycles. The van der Waals surface area contributed by atoms with Gasteiger partial charge in [0, 0.05) is 18.4 Å². The van der Waals surface area contributed by atoms with Gasteiger partial charge in [-0.15, -0.1) is 0 Å². The first-order chi connectivity index (χ1) is 6.70. The van der Waals surface area contributed by atoms with E-state index in [0.717, 1.165) is 13.0 Å². The first kappa shape index (κ1) is 13.0. The number of hydrogen-bond donors (Lipinski definition) is 2. The molecule has 0 amide bonds. The number of allylic oxidation sites excluding steroid dienone is 1. The SMILES string of the molecule is C=C/C(N)=C/N(N)CCCCCCC. The van der Waals surface area contributed by atoms with Crippen molar-refractivity contribution in [3.8, 4) is 0 Å². The summed E-state index contributed by atoms with van der Waals surface area (Å²) in [4.78, 5) is 0. The van der Waals surface area contributed by atoms with Gasteiger partial charge in [0.1, 0.15) is 0 Å². The Kier molecular flexibility index (Phi) is 8.04. The number of nitrogens with two attached hydrogens (primary N) is 2. The maximum atomic E-state index is 5.69. The van der Waals surface area contributed by atoms with Crippen molar-refractivity contribution in [2.24, 2.45) is 11.6 Å². The van der Waals surface area contributed by atoms with Gasteiger partial charge in [-0.25, -0.2) is 5.84 Å². The van der Waals surface area contributed by atoms with Crippen LogP contribution < -0.4 is 11.6 Å². The van der Waals surface area contributed by atoms with Crippen LogP contribution in [0, 0.1) is 0 Å². The molecule has 0 aromatic carbocycles. The summed E-state index contributed by atoms with van der Waals surface area (Å²) in [5, 5.41) is 1.63. The molecule has 14 heavy (non-hydrogen) atoms.